The van der Waals surface area contributed by atoms with Crippen molar-refractivity contribution in [1.29, 1.82) is 0 Å². The van der Waals surface area contributed by atoms with Crippen molar-refractivity contribution in [3.63, 3.8) is 0 Å². The van der Waals surface area contributed by atoms with E-state index in [4.69, 9.17) is 4.98 Å². The van der Waals surface area contributed by atoms with E-state index >= 15 is 0 Å². The summed E-state index contributed by atoms with van der Waals surface area (Å²) in [5.74, 6) is 0.970. The van der Waals surface area contributed by atoms with E-state index in [9.17, 15) is 4.79 Å². The van der Waals surface area contributed by atoms with E-state index in [0.29, 0.717) is 12.3 Å². The Balaban J connectivity index is 1.50. The van der Waals surface area contributed by atoms with Crippen LogP contribution in [0, 0.1) is 0 Å². The van der Waals surface area contributed by atoms with E-state index < -0.39 is 0 Å². The third kappa shape index (κ3) is 3.02. The van der Waals surface area contributed by atoms with Gasteiger partial charge in [-0.3, -0.25) is 14.1 Å². The molecule has 0 atom stereocenters. The lowest BCUT2D eigenvalue weighted by Crippen LogP contribution is -2.34. The smallest absolute Gasteiger partial charge is 0.222 e. The Hall–Kier alpha value is -1.40. The molecule has 1 saturated heterocycles. The summed E-state index contributed by atoms with van der Waals surface area (Å²) in [4.78, 5) is 22.4. The van der Waals surface area contributed by atoms with E-state index in [1.165, 1.54) is 24.2 Å². The average molecular weight is 332 g/mol. The molecule has 0 unspecified atom stereocenters. The van der Waals surface area contributed by atoms with Gasteiger partial charge in [-0.05, 0) is 19.3 Å². The second kappa shape index (κ2) is 6.24. The molecule has 1 saturated carbocycles. The van der Waals surface area contributed by atoms with Gasteiger partial charge in [-0.2, -0.15) is 0 Å². The van der Waals surface area contributed by atoms with Crippen molar-refractivity contribution in [3.05, 3.63) is 23.0 Å². The first-order valence-electron chi connectivity index (χ1n) is 8.70. The van der Waals surface area contributed by atoms with Crippen LogP contribution in [0.1, 0.15) is 49.9 Å². The molecule has 3 heterocycles. The van der Waals surface area contributed by atoms with E-state index in [0.717, 1.165) is 44.1 Å². The van der Waals surface area contributed by atoms with Gasteiger partial charge < -0.3 is 4.90 Å². The maximum Gasteiger partial charge on any atom is 0.222 e. The normalized spacial score (nSPS) is 20.1. The molecule has 1 aliphatic heterocycles. The molecule has 5 nitrogen and oxygen atoms in total. The first-order valence-corrected chi connectivity index (χ1v) is 9.58. The summed E-state index contributed by atoms with van der Waals surface area (Å²) >= 11 is 1.72. The Morgan fingerprint density at radius 3 is 2.96 bits per heavy atom. The molecule has 6 heteroatoms. The number of imidazole rings is 1. The van der Waals surface area contributed by atoms with Crippen LogP contribution in [0.15, 0.2) is 11.6 Å². The maximum atomic E-state index is 11.9. The van der Waals surface area contributed by atoms with Gasteiger partial charge in [-0.25, -0.2) is 4.98 Å². The van der Waals surface area contributed by atoms with Crippen molar-refractivity contribution in [1.82, 2.24) is 19.2 Å². The molecule has 0 radical (unpaired) electrons. The van der Waals surface area contributed by atoms with Crippen molar-refractivity contribution in [2.24, 2.45) is 0 Å². The number of fused-ring (bicyclic) bond motifs is 1. The zero-order valence-electron chi connectivity index (χ0n) is 13.7. The molecule has 0 spiro atoms. The highest BCUT2D eigenvalue weighted by atomic mass is 32.1. The summed E-state index contributed by atoms with van der Waals surface area (Å²) in [6, 6.07) is 0. The number of hydrogen-bond acceptors (Lipinski definition) is 4. The fraction of sp³-hybridized carbons (Fsp3) is 0.647. The van der Waals surface area contributed by atoms with Gasteiger partial charge in [0.2, 0.25) is 5.91 Å². The molecule has 4 rings (SSSR count). The predicted molar refractivity (Wildman–Crippen MR) is 91.8 cm³/mol. The van der Waals surface area contributed by atoms with Crippen LogP contribution in [-0.4, -0.2) is 51.3 Å². The monoisotopic (exact) mass is 332 g/mol. The second-order valence-corrected chi connectivity index (χ2v) is 7.51. The molecule has 0 bridgehead atoms. The number of amides is 1. The zero-order chi connectivity index (χ0) is 15.8. The van der Waals surface area contributed by atoms with E-state index in [-0.39, 0.29) is 5.91 Å². The molecule has 2 aliphatic rings. The number of carbonyl (C=O) groups is 1. The van der Waals surface area contributed by atoms with E-state index in [1.54, 1.807) is 11.3 Å². The third-order valence-corrected chi connectivity index (χ3v) is 5.73. The van der Waals surface area contributed by atoms with Crippen LogP contribution in [0.5, 0.6) is 0 Å². The van der Waals surface area contributed by atoms with Gasteiger partial charge in [0, 0.05) is 56.6 Å². The number of thiazole rings is 1. The van der Waals surface area contributed by atoms with Crippen molar-refractivity contribution >= 4 is 22.2 Å². The number of aromatic nitrogens is 2. The minimum Gasteiger partial charge on any atom is -0.341 e. The summed E-state index contributed by atoms with van der Waals surface area (Å²) < 4.78 is 2.28. The predicted octanol–water partition coefficient (Wildman–Crippen LogP) is 2.72. The van der Waals surface area contributed by atoms with E-state index in [2.05, 4.69) is 20.9 Å². The Morgan fingerprint density at radius 2 is 2.17 bits per heavy atom. The molecule has 23 heavy (non-hydrogen) atoms. The topological polar surface area (TPSA) is 40.9 Å². The molecule has 0 N–H and O–H groups in total. The van der Waals surface area contributed by atoms with Crippen LogP contribution < -0.4 is 0 Å². The highest BCUT2D eigenvalue weighted by Gasteiger charge is 2.31. The minimum atomic E-state index is 0.287. The summed E-state index contributed by atoms with van der Waals surface area (Å²) in [6.07, 6.45) is 6.41. The van der Waals surface area contributed by atoms with Crippen LogP contribution in [0.25, 0.3) is 4.96 Å². The maximum absolute atomic E-state index is 11.9. The first-order chi connectivity index (χ1) is 11.3. The fourth-order valence-electron chi connectivity index (χ4n) is 3.50. The molecule has 1 aliphatic carbocycles. The molecule has 2 aromatic rings. The standard InChI is InChI=1S/C17H24N4OS/c1-2-15(22)20-7-3-6-19(8-9-20)12-14-16(13-4-5-13)18-17-21(14)10-11-23-17/h10-11,13H,2-9,12H2,1H3. The van der Waals surface area contributed by atoms with Crippen LogP contribution in [0.2, 0.25) is 0 Å². The van der Waals surface area contributed by atoms with Gasteiger partial charge in [-0.1, -0.05) is 6.92 Å². The van der Waals surface area contributed by atoms with E-state index in [1.807, 2.05) is 11.8 Å². The van der Waals surface area contributed by atoms with Crippen molar-refractivity contribution in [3.8, 4) is 0 Å². The lowest BCUT2D eigenvalue weighted by atomic mass is 10.2. The number of hydrogen-bond donors (Lipinski definition) is 0. The number of carbonyl (C=O) groups excluding carboxylic acids is 1. The van der Waals surface area contributed by atoms with Gasteiger partial charge in [-0.15, -0.1) is 11.3 Å². The van der Waals surface area contributed by atoms with Crippen molar-refractivity contribution in [2.75, 3.05) is 26.2 Å². The SMILES string of the molecule is CCC(=O)N1CCCN(Cc2c(C3CC3)nc3sccn23)CC1. The lowest BCUT2D eigenvalue weighted by molar-refractivity contribution is -0.130. The number of rotatable bonds is 4. The zero-order valence-corrected chi connectivity index (χ0v) is 14.5. The van der Waals surface area contributed by atoms with Gasteiger partial charge in [0.05, 0.1) is 11.4 Å². The molecule has 2 fully saturated rings. The summed E-state index contributed by atoms with van der Waals surface area (Å²) in [5, 5.41) is 2.12. The first kappa shape index (κ1) is 15.1. The summed E-state index contributed by atoms with van der Waals surface area (Å²) in [6.45, 7) is 6.70. The molecule has 1 amide bonds. The quantitative estimate of drug-likeness (QED) is 0.864. The van der Waals surface area contributed by atoms with Gasteiger partial charge in [0.25, 0.3) is 0 Å². The Morgan fingerprint density at radius 1 is 1.30 bits per heavy atom. The molecule has 0 aromatic carbocycles. The largest absolute Gasteiger partial charge is 0.341 e. The summed E-state index contributed by atoms with van der Waals surface area (Å²) in [7, 11) is 0. The molecule has 2 aromatic heterocycles. The van der Waals surface area contributed by atoms with Gasteiger partial charge in [0.15, 0.2) is 4.96 Å². The molecule has 124 valence electrons. The summed E-state index contributed by atoms with van der Waals surface area (Å²) in [5.41, 5.74) is 2.70. The van der Waals surface area contributed by atoms with Gasteiger partial charge >= 0.3 is 0 Å². The lowest BCUT2D eigenvalue weighted by Gasteiger charge is -2.22. The Labute approximate surface area is 140 Å². The number of nitrogens with zero attached hydrogens (tertiary/aromatic N) is 4. The molecular weight excluding hydrogens is 308 g/mol. The van der Waals surface area contributed by atoms with Crippen LogP contribution >= 0.6 is 11.3 Å². The van der Waals surface area contributed by atoms with Crippen LogP contribution in [-0.2, 0) is 11.3 Å². The Kier molecular flexibility index (Phi) is 4.11. The molecular formula is C17H24N4OS. The van der Waals surface area contributed by atoms with Crippen molar-refractivity contribution in [2.45, 2.75) is 45.1 Å². The third-order valence-electron chi connectivity index (χ3n) is 4.97. The highest BCUT2D eigenvalue weighted by Crippen LogP contribution is 2.42. The van der Waals surface area contributed by atoms with Crippen molar-refractivity contribution < 1.29 is 4.79 Å². The van der Waals surface area contributed by atoms with Crippen LogP contribution in [0.4, 0.5) is 0 Å². The minimum absolute atomic E-state index is 0.287. The second-order valence-electron chi connectivity index (χ2n) is 6.64. The average Bonchev–Trinajstić information content (AvgIpc) is 3.27. The van der Waals surface area contributed by atoms with Crippen LogP contribution in [0.3, 0.4) is 0 Å². The Bertz CT molecular complexity index is 703. The fourth-order valence-corrected chi connectivity index (χ4v) is 4.24. The van der Waals surface area contributed by atoms with Gasteiger partial charge in [0.1, 0.15) is 0 Å². The highest BCUT2D eigenvalue weighted by molar-refractivity contribution is 7.15.